The smallest absolute Gasteiger partial charge is 0.0567 e. The van der Waals surface area contributed by atoms with E-state index in [4.69, 9.17) is 0 Å². The Morgan fingerprint density at radius 1 is 1.33 bits per heavy atom. The molecule has 0 N–H and O–H groups in total. The highest BCUT2D eigenvalue weighted by Gasteiger charge is 2.11. The summed E-state index contributed by atoms with van der Waals surface area (Å²) in [6.07, 6.45) is 5.99. The highest BCUT2D eigenvalue weighted by molar-refractivity contribution is 5.66. The van der Waals surface area contributed by atoms with Crippen LogP contribution in [0.15, 0.2) is 12.7 Å². The standard InChI is InChI=1S/C14H17N/c1-6-9-12-11(4)13(8-3)15(5)14(12)10-7-2/h7-8,10H,3H2,1-2,4-5H3/b10-7-. The third-order valence-corrected chi connectivity index (χ3v) is 2.51. The van der Waals surface area contributed by atoms with Crippen LogP contribution in [0, 0.1) is 18.8 Å². The molecule has 78 valence electrons. The lowest BCUT2D eigenvalue weighted by Gasteiger charge is -2.00. The van der Waals surface area contributed by atoms with E-state index in [-0.39, 0.29) is 0 Å². The molecule has 0 aliphatic rings. The predicted molar refractivity (Wildman–Crippen MR) is 67.5 cm³/mol. The van der Waals surface area contributed by atoms with Crippen molar-refractivity contribution < 1.29 is 0 Å². The van der Waals surface area contributed by atoms with E-state index in [9.17, 15) is 0 Å². The van der Waals surface area contributed by atoms with Gasteiger partial charge >= 0.3 is 0 Å². The van der Waals surface area contributed by atoms with E-state index in [0.717, 1.165) is 17.0 Å². The fourth-order valence-corrected chi connectivity index (χ4v) is 1.80. The number of hydrogen-bond acceptors (Lipinski definition) is 0. The normalized spacial score (nSPS) is 10.1. The van der Waals surface area contributed by atoms with Gasteiger partial charge in [0.05, 0.1) is 11.3 Å². The monoisotopic (exact) mass is 199 g/mol. The van der Waals surface area contributed by atoms with Crippen LogP contribution in [0.5, 0.6) is 0 Å². The van der Waals surface area contributed by atoms with E-state index in [0.29, 0.717) is 0 Å². The highest BCUT2D eigenvalue weighted by atomic mass is 15.0. The lowest BCUT2D eigenvalue weighted by atomic mass is 10.1. The van der Waals surface area contributed by atoms with Gasteiger partial charge in [-0.3, -0.25) is 0 Å². The first kappa shape index (κ1) is 11.4. The number of allylic oxidation sites excluding steroid dienone is 1. The lowest BCUT2D eigenvalue weighted by Crippen LogP contribution is -1.93. The van der Waals surface area contributed by atoms with Crippen molar-refractivity contribution in [3.63, 3.8) is 0 Å². The molecule has 15 heavy (non-hydrogen) atoms. The van der Waals surface area contributed by atoms with E-state index in [2.05, 4.69) is 36.0 Å². The van der Waals surface area contributed by atoms with Crippen molar-refractivity contribution in [3.8, 4) is 11.8 Å². The van der Waals surface area contributed by atoms with Crippen molar-refractivity contribution in [1.82, 2.24) is 4.57 Å². The van der Waals surface area contributed by atoms with Crippen molar-refractivity contribution in [1.29, 1.82) is 0 Å². The van der Waals surface area contributed by atoms with Crippen molar-refractivity contribution in [2.24, 2.45) is 7.05 Å². The molecule has 0 aromatic carbocycles. The summed E-state index contributed by atoms with van der Waals surface area (Å²) in [5.41, 5.74) is 4.60. The summed E-state index contributed by atoms with van der Waals surface area (Å²) in [7, 11) is 2.04. The Bertz CT molecular complexity index is 462. The zero-order chi connectivity index (χ0) is 11.4. The number of nitrogens with zero attached hydrogens (tertiary/aromatic N) is 1. The minimum absolute atomic E-state index is 1.10. The molecule has 0 aliphatic carbocycles. The van der Waals surface area contributed by atoms with E-state index in [1.165, 1.54) is 5.56 Å². The second-order valence-corrected chi connectivity index (χ2v) is 3.41. The Balaban J connectivity index is 3.58. The molecule has 0 radical (unpaired) electrons. The van der Waals surface area contributed by atoms with Crippen LogP contribution in [0.3, 0.4) is 0 Å². The molecular weight excluding hydrogens is 182 g/mol. The molecule has 1 nitrogen and oxygen atoms in total. The highest BCUT2D eigenvalue weighted by Crippen LogP contribution is 2.22. The first-order valence-corrected chi connectivity index (χ1v) is 5.04. The number of rotatable bonds is 2. The van der Waals surface area contributed by atoms with Gasteiger partial charge in [0, 0.05) is 12.7 Å². The first-order valence-electron chi connectivity index (χ1n) is 5.04. The zero-order valence-corrected chi connectivity index (χ0v) is 9.89. The Morgan fingerprint density at radius 3 is 2.47 bits per heavy atom. The van der Waals surface area contributed by atoms with Crippen LogP contribution in [0.2, 0.25) is 0 Å². The first-order chi connectivity index (χ1) is 7.17. The Kier molecular flexibility index (Phi) is 3.57. The summed E-state index contributed by atoms with van der Waals surface area (Å²) < 4.78 is 2.13. The van der Waals surface area contributed by atoms with Crippen molar-refractivity contribution in [2.75, 3.05) is 0 Å². The molecule has 0 unspecified atom stereocenters. The molecular formula is C14H17N. The van der Waals surface area contributed by atoms with Gasteiger partial charge in [-0.1, -0.05) is 18.6 Å². The number of hydrogen-bond donors (Lipinski definition) is 0. The molecule has 0 saturated heterocycles. The summed E-state index contributed by atoms with van der Waals surface area (Å²) in [5.74, 6) is 6.11. The summed E-state index contributed by atoms with van der Waals surface area (Å²) in [6, 6.07) is 0. The van der Waals surface area contributed by atoms with Crippen molar-refractivity contribution >= 4 is 12.2 Å². The van der Waals surface area contributed by atoms with Gasteiger partial charge in [-0.2, -0.15) is 0 Å². The second kappa shape index (κ2) is 4.70. The van der Waals surface area contributed by atoms with Crippen molar-refractivity contribution in [2.45, 2.75) is 20.8 Å². The van der Waals surface area contributed by atoms with Crippen LogP contribution >= 0.6 is 0 Å². The summed E-state index contributed by atoms with van der Waals surface area (Å²) in [4.78, 5) is 0. The Labute approximate surface area is 92.1 Å². The van der Waals surface area contributed by atoms with Crippen LogP contribution in [0.1, 0.15) is 36.4 Å². The van der Waals surface area contributed by atoms with Gasteiger partial charge in [0.1, 0.15) is 0 Å². The van der Waals surface area contributed by atoms with Gasteiger partial charge in [-0.15, -0.1) is 5.92 Å². The molecule has 1 heterocycles. The second-order valence-electron chi connectivity index (χ2n) is 3.41. The number of aromatic nitrogens is 1. The Morgan fingerprint density at radius 2 is 2.00 bits per heavy atom. The fraction of sp³-hybridized carbons (Fsp3) is 0.286. The van der Waals surface area contributed by atoms with Crippen LogP contribution in [-0.2, 0) is 7.05 Å². The van der Waals surface area contributed by atoms with E-state index < -0.39 is 0 Å². The summed E-state index contributed by atoms with van der Waals surface area (Å²) in [5, 5.41) is 0. The lowest BCUT2D eigenvalue weighted by molar-refractivity contribution is 0.898. The molecule has 1 rings (SSSR count). The summed E-state index contributed by atoms with van der Waals surface area (Å²) in [6.45, 7) is 9.79. The molecule has 0 amide bonds. The summed E-state index contributed by atoms with van der Waals surface area (Å²) >= 11 is 0. The van der Waals surface area contributed by atoms with E-state index >= 15 is 0 Å². The Hall–Kier alpha value is -1.68. The third kappa shape index (κ3) is 1.89. The van der Waals surface area contributed by atoms with Crippen LogP contribution in [0.25, 0.3) is 12.2 Å². The van der Waals surface area contributed by atoms with Crippen LogP contribution in [-0.4, -0.2) is 4.57 Å². The van der Waals surface area contributed by atoms with E-state index in [1.54, 1.807) is 0 Å². The predicted octanol–water partition coefficient (Wildman–Crippen LogP) is 3.38. The molecule has 1 aromatic rings. The van der Waals surface area contributed by atoms with Gasteiger partial charge in [0.15, 0.2) is 0 Å². The topological polar surface area (TPSA) is 4.93 Å². The van der Waals surface area contributed by atoms with Gasteiger partial charge in [0.25, 0.3) is 0 Å². The molecule has 0 spiro atoms. The molecule has 0 saturated carbocycles. The average Bonchev–Trinajstić information content (AvgIpc) is 2.43. The van der Waals surface area contributed by atoms with Gasteiger partial charge < -0.3 is 4.57 Å². The van der Waals surface area contributed by atoms with Crippen molar-refractivity contribution in [3.05, 3.63) is 35.2 Å². The molecule has 0 bridgehead atoms. The minimum atomic E-state index is 1.10. The molecule has 0 fully saturated rings. The van der Waals surface area contributed by atoms with Gasteiger partial charge in [-0.25, -0.2) is 0 Å². The quantitative estimate of drug-likeness (QED) is 0.643. The molecule has 0 atom stereocenters. The zero-order valence-electron chi connectivity index (χ0n) is 9.89. The third-order valence-electron chi connectivity index (χ3n) is 2.51. The maximum atomic E-state index is 3.83. The minimum Gasteiger partial charge on any atom is -0.343 e. The SMILES string of the molecule is C=Cc1c(C)c(C#CC)c(/C=C\C)n1C. The maximum absolute atomic E-state index is 3.83. The maximum Gasteiger partial charge on any atom is 0.0567 e. The fourth-order valence-electron chi connectivity index (χ4n) is 1.80. The van der Waals surface area contributed by atoms with Gasteiger partial charge in [0.2, 0.25) is 0 Å². The van der Waals surface area contributed by atoms with Gasteiger partial charge in [-0.05, 0) is 38.5 Å². The average molecular weight is 199 g/mol. The molecule has 1 heteroatoms. The largest absolute Gasteiger partial charge is 0.343 e. The molecule has 0 aliphatic heterocycles. The van der Waals surface area contributed by atoms with Crippen LogP contribution < -0.4 is 0 Å². The van der Waals surface area contributed by atoms with Crippen LogP contribution in [0.4, 0.5) is 0 Å². The molecule has 1 aromatic heterocycles. The van der Waals surface area contributed by atoms with E-state index in [1.807, 2.05) is 33.0 Å².